The molecule has 7 aromatic carbocycles. The van der Waals surface area contributed by atoms with Crippen molar-refractivity contribution in [1.29, 1.82) is 0 Å². The number of furan rings is 1. The Bertz CT molecular complexity index is 2590. The largest absolute Gasteiger partial charge is 0.455 e. The van der Waals surface area contributed by atoms with Gasteiger partial charge in [-0.25, -0.2) is 15.0 Å². The normalized spacial score (nSPS) is 13.0. The monoisotopic (exact) mass is 639 g/mol. The highest BCUT2D eigenvalue weighted by Crippen LogP contribution is 2.59. The van der Waals surface area contributed by atoms with Crippen molar-refractivity contribution in [3.05, 3.63) is 198 Å². The van der Waals surface area contributed by atoms with Gasteiger partial charge in [0.25, 0.3) is 0 Å². The van der Waals surface area contributed by atoms with Crippen molar-refractivity contribution in [1.82, 2.24) is 15.0 Å². The highest BCUT2D eigenvalue weighted by atomic mass is 16.3. The van der Waals surface area contributed by atoms with Crippen LogP contribution in [0.5, 0.6) is 0 Å². The predicted octanol–water partition coefficient (Wildman–Crippen LogP) is 11.1. The summed E-state index contributed by atoms with van der Waals surface area (Å²) in [5, 5.41) is 2.02. The summed E-state index contributed by atoms with van der Waals surface area (Å²) in [5.74, 6) is 1.84. The zero-order chi connectivity index (χ0) is 33.1. The summed E-state index contributed by atoms with van der Waals surface area (Å²) >= 11 is 0. The van der Waals surface area contributed by atoms with Crippen LogP contribution in [0.25, 0.3) is 67.2 Å². The van der Waals surface area contributed by atoms with E-state index in [4.69, 9.17) is 19.4 Å². The number of para-hydroxylation sites is 1. The van der Waals surface area contributed by atoms with Gasteiger partial charge in [-0.3, -0.25) is 0 Å². The fraction of sp³-hybridized carbons (Fsp3) is 0.0217. The molecule has 234 valence electrons. The predicted molar refractivity (Wildman–Crippen MR) is 201 cm³/mol. The molecule has 0 saturated carbocycles. The lowest BCUT2D eigenvalue weighted by Crippen LogP contribution is -2.28. The number of nitrogens with zero attached hydrogens (tertiary/aromatic N) is 3. The van der Waals surface area contributed by atoms with Crippen LogP contribution in [0.1, 0.15) is 22.3 Å². The Kier molecular flexibility index (Phi) is 6.36. The molecule has 0 atom stereocenters. The molecule has 0 spiro atoms. The highest BCUT2D eigenvalue weighted by Gasteiger charge is 2.48. The van der Waals surface area contributed by atoms with E-state index >= 15 is 0 Å². The summed E-state index contributed by atoms with van der Waals surface area (Å²) in [6.07, 6.45) is 0. The number of hydrogen-bond donors (Lipinski definition) is 0. The third kappa shape index (κ3) is 4.15. The SMILES string of the molecule is c1ccc(-c2nc(-c3ccccc3)nc(-c3cc4c(c5oc6ccccc6c35)-c3ccccc3C4(c3ccccc3)c3ccccc3)n2)cc1. The van der Waals surface area contributed by atoms with Gasteiger partial charge in [-0.1, -0.05) is 164 Å². The molecule has 50 heavy (non-hydrogen) atoms. The standard InChI is InChI=1S/C46H29N3O/c1-5-17-30(18-6-1)43-47-44(31-19-7-2-8-20-31)49-45(48-43)36-29-38-41(42-40(36)35-26-14-16-28-39(35)50-42)34-25-13-15-27-37(34)46(38,32-21-9-3-10-22-32)33-23-11-4-12-24-33/h1-29H. The molecule has 0 N–H and O–H groups in total. The molecule has 0 fully saturated rings. The molecule has 0 aliphatic heterocycles. The molecule has 0 bridgehead atoms. The van der Waals surface area contributed by atoms with Crippen LogP contribution < -0.4 is 0 Å². The minimum absolute atomic E-state index is 0.600. The molecule has 1 aliphatic carbocycles. The molecule has 0 saturated heterocycles. The van der Waals surface area contributed by atoms with E-state index in [1.54, 1.807) is 0 Å². The van der Waals surface area contributed by atoms with Crippen LogP contribution in [-0.4, -0.2) is 15.0 Å². The fourth-order valence-corrected chi connectivity index (χ4v) is 7.91. The van der Waals surface area contributed by atoms with Crippen LogP contribution in [0, 0.1) is 0 Å². The van der Waals surface area contributed by atoms with Crippen molar-refractivity contribution in [3.8, 4) is 45.3 Å². The molecule has 2 aromatic heterocycles. The van der Waals surface area contributed by atoms with E-state index in [2.05, 4.69) is 103 Å². The van der Waals surface area contributed by atoms with Crippen molar-refractivity contribution in [2.24, 2.45) is 0 Å². The number of rotatable bonds is 5. The van der Waals surface area contributed by atoms with Gasteiger partial charge >= 0.3 is 0 Å². The van der Waals surface area contributed by atoms with E-state index in [0.29, 0.717) is 17.5 Å². The van der Waals surface area contributed by atoms with Crippen LogP contribution >= 0.6 is 0 Å². The quantitative estimate of drug-likeness (QED) is 0.188. The lowest BCUT2D eigenvalue weighted by molar-refractivity contribution is 0.669. The maximum absolute atomic E-state index is 6.94. The third-order valence-corrected chi connectivity index (χ3v) is 10.0. The van der Waals surface area contributed by atoms with Gasteiger partial charge in [0.05, 0.1) is 5.41 Å². The third-order valence-electron chi connectivity index (χ3n) is 10.0. The van der Waals surface area contributed by atoms with Gasteiger partial charge in [-0.05, 0) is 39.9 Å². The molecule has 1 aliphatic rings. The number of benzene rings is 7. The first-order valence-electron chi connectivity index (χ1n) is 16.9. The average Bonchev–Trinajstić information content (AvgIpc) is 3.73. The molecule has 2 heterocycles. The topological polar surface area (TPSA) is 51.8 Å². The van der Waals surface area contributed by atoms with Crippen molar-refractivity contribution >= 4 is 21.9 Å². The first-order chi connectivity index (χ1) is 24.8. The van der Waals surface area contributed by atoms with Crippen molar-refractivity contribution in [3.63, 3.8) is 0 Å². The van der Waals surface area contributed by atoms with Gasteiger partial charge in [-0.2, -0.15) is 0 Å². The summed E-state index contributed by atoms with van der Waals surface area (Å²) in [4.78, 5) is 15.5. The second-order valence-corrected chi connectivity index (χ2v) is 12.7. The van der Waals surface area contributed by atoms with Crippen LogP contribution in [0.3, 0.4) is 0 Å². The van der Waals surface area contributed by atoms with E-state index in [0.717, 1.165) is 55.3 Å². The van der Waals surface area contributed by atoms with Gasteiger partial charge in [0.15, 0.2) is 17.5 Å². The molecular weight excluding hydrogens is 611 g/mol. The Balaban J connectivity index is 1.38. The maximum Gasteiger partial charge on any atom is 0.164 e. The molecule has 0 unspecified atom stereocenters. The van der Waals surface area contributed by atoms with Gasteiger partial charge in [-0.15, -0.1) is 0 Å². The summed E-state index contributed by atoms with van der Waals surface area (Å²) in [7, 11) is 0. The molecule has 9 aromatic rings. The van der Waals surface area contributed by atoms with Crippen molar-refractivity contribution < 1.29 is 4.42 Å². The number of aromatic nitrogens is 3. The second-order valence-electron chi connectivity index (χ2n) is 12.7. The van der Waals surface area contributed by atoms with E-state index < -0.39 is 5.41 Å². The molecule has 10 rings (SSSR count). The van der Waals surface area contributed by atoms with Gasteiger partial charge < -0.3 is 4.42 Å². The second kappa shape index (κ2) is 11.2. The number of hydrogen-bond acceptors (Lipinski definition) is 4. The highest BCUT2D eigenvalue weighted by molar-refractivity contribution is 6.18. The van der Waals surface area contributed by atoms with Crippen LogP contribution in [0.2, 0.25) is 0 Å². The van der Waals surface area contributed by atoms with Crippen LogP contribution in [0.15, 0.2) is 180 Å². The van der Waals surface area contributed by atoms with Crippen molar-refractivity contribution in [2.45, 2.75) is 5.41 Å². The Hall–Kier alpha value is -6.65. The van der Waals surface area contributed by atoms with Gasteiger partial charge in [0.2, 0.25) is 0 Å². The number of fused-ring (bicyclic) bond motifs is 7. The molecule has 0 radical (unpaired) electrons. The Morgan fingerprint density at radius 3 is 1.54 bits per heavy atom. The minimum atomic E-state index is -0.617. The Morgan fingerprint density at radius 1 is 0.420 bits per heavy atom. The van der Waals surface area contributed by atoms with Crippen molar-refractivity contribution in [2.75, 3.05) is 0 Å². The fourth-order valence-electron chi connectivity index (χ4n) is 7.91. The zero-order valence-electron chi connectivity index (χ0n) is 27.0. The van der Waals surface area contributed by atoms with Crippen LogP contribution in [-0.2, 0) is 5.41 Å². The van der Waals surface area contributed by atoms with E-state index in [1.165, 1.54) is 16.7 Å². The lowest BCUT2D eigenvalue weighted by atomic mass is 9.67. The molecule has 0 amide bonds. The van der Waals surface area contributed by atoms with Crippen LogP contribution in [0.4, 0.5) is 0 Å². The van der Waals surface area contributed by atoms with Gasteiger partial charge in [0, 0.05) is 33.0 Å². The summed E-state index contributed by atoms with van der Waals surface area (Å²) < 4.78 is 6.94. The first-order valence-corrected chi connectivity index (χ1v) is 16.9. The Labute approximate surface area is 289 Å². The Morgan fingerprint density at radius 2 is 0.920 bits per heavy atom. The lowest BCUT2D eigenvalue weighted by Gasteiger charge is -2.34. The zero-order valence-corrected chi connectivity index (χ0v) is 27.0. The minimum Gasteiger partial charge on any atom is -0.455 e. The molecule has 4 heteroatoms. The smallest absolute Gasteiger partial charge is 0.164 e. The summed E-state index contributed by atoms with van der Waals surface area (Å²) in [5.41, 5.74) is 10.8. The van der Waals surface area contributed by atoms with E-state index in [9.17, 15) is 0 Å². The maximum atomic E-state index is 6.94. The summed E-state index contributed by atoms with van der Waals surface area (Å²) in [6, 6.07) is 61.3. The van der Waals surface area contributed by atoms with Gasteiger partial charge in [0.1, 0.15) is 11.2 Å². The average molecular weight is 640 g/mol. The molecular formula is C46H29N3O. The van der Waals surface area contributed by atoms with E-state index in [1.807, 2.05) is 72.8 Å². The first kappa shape index (κ1) is 28.4. The summed E-state index contributed by atoms with van der Waals surface area (Å²) in [6.45, 7) is 0. The van der Waals surface area contributed by atoms with E-state index in [-0.39, 0.29) is 0 Å². The molecule has 4 nitrogen and oxygen atoms in total.